The molecule has 0 aliphatic heterocycles. The van der Waals surface area contributed by atoms with Gasteiger partial charge in [-0.1, -0.05) is 6.07 Å². The molecule has 17 heavy (non-hydrogen) atoms. The van der Waals surface area contributed by atoms with E-state index in [1.807, 2.05) is 44.3 Å². The summed E-state index contributed by atoms with van der Waals surface area (Å²) in [5, 5.41) is 3.26. The summed E-state index contributed by atoms with van der Waals surface area (Å²) in [6.45, 7) is 4.68. The lowest BCUT2D eigenvalue weighted by atomic mass is 10.3. The number of aromatic nitrogens is 2. The molecule has 0 saturated carbocycles. The van der Waals surface area contributed by atoms with Gasteiger partial charge in [0.15, 0.2) is 0 Å². The third-order valence-electron chi connectivity index (χ3n) is 2.36. The number of rotatable bonds is 3. The molecule has 0 radical (unpaired) electrons. The summed E-state index contributed by atoms with van der Waals surface area (Å²) in [5.74, 6) is 0.846. The standard InChI is InChI=1S/C13H14BrN3/c1-9-6-12(14)13(15-7-9)16-8-11-5-3-4-10(2)17-11/h3-7H,8H2,1-2H3,(H,15,16). The SMILES string of the molecule is Cc1cnc(NCc2cccc(C)n2)c(Br)c1. The Balaban J connectivity index is 2.07. The number of aryl methyl sites for hydroxylation is 2. The molecule has 2 heterocycles. The van der Waals surface area contributed by atoms with Crippen molar-refractivity contribution in [3.63, 3.8) is 0 Å². The number of nitrogens with zero attached hydrogens (tertiary/aromatic N) is 2. The van der Waals surface area contributed by atoms with Crippen LogP contribution in [0.5, 0.6) is 0 Å². The average molecular weight is 292 g/mol. The first-order valence-corrected chi connectivity index (χ1v) is 6.23. The van der Waals surface area contributed by atoms with Gasteiger partial charge < -0.3 is 5.32 Å². The molecule has 2 rings (SSSR count). The second-order valence-electron chi connectivity index (χ2n) is 3.97. The first-order chi connectivity index (χ1) is 8.15. The van der Waals surface area contributed by atoms with Gasteiger partial charge >= 0.3 is 0 Å². The van der Waals surface area contributed by atoms with Gasteiger partial charge in [0.1, 0.15) is 5.82 Å². The number of anilines is 1. The predicted molar refractivity (Wildman–Crippen MR) is 73.0 cm³/mol. The van der Waals surface area contributed by atoms with Crippen molar-refractivity contribution in [3.05, 3.63) is 51.9 Å². The summed E-state index contributed by atoms with van der Waals surface area (Å²) in [5.41, 5.74) is 3.18. The van der Waals surface area contributed by atoms with Gasteiger partial charge in [-0.25, -0.2) is 4.98 Å². The van der Waals surface area contributed by atoms with Crippen LogP contribution in [0.1, 0.15) is 17.0 Å². The van der Waals surface area contributed by atoms with Gasteiger partial charge in [0.05, 0.1) is 16.7 Å². The molecule has 0 saturated heterocycles. The van der Waals surface area contributed by atoms with Crippen molar-refractivity contribution in [3.8, 4) is 0 Å². The van der Waals surface area contributed by atoms with Crippen LogP contribution < -0.4 is 5.32 Å². The van der Waals surface area contributed by atoms with Gasteiger partial charge in [-0.15, -0.1) is 0 Å². The Kier molecular flexibility index (Phi) is 3.74. The fourth-order valence-corrected chi connectivity index (χ4v) is 2.14. The third-order valence-corrected chi connectivity index (χ3v) is 2.97. The van der Waals surface area contributed by atoms with E-state index in [2.05, 4.69) is 31.2 Å². The van der Waals surface area contributed by atoms with Crippen molar-refractivity contribution >= 4 is 21.7 Å². The highest BCUT2D eigenvalue weighted by Gasteiger charge is 2.01. The number of halogens is 1. The molecule has 0 aromatic carbocycles. The minimum atomic E-state index is 0.677. The highest BCUT2D eigenvalue weighted by atomic mass is 79.9. The number of hydrogen-bond donors (Lipinski definition) is 1. The van der Waals surface area contributed by atoms with Crippen molar-refractivity contribution in [1.82, 2.24) is 9.97 Å². The Morgan fingerprint density at radius 2 is 2.12 bits per heavy atom. The Morgan fingerprint density at radius 3 is 2.82 bits per heavy atom. The quantitative estimate of drug-likeness (QED) is 0.941. The maximum absolute atomic E-state index is 4.43. The van der Waals surface area contributed by atoms with Crippen LogP contribution in [0.4, 0.5) is 5.82 Å². The molecule has 0 aliphatic carbocycles. The van der Waals surface area contributed by atoms with E-state index in [0.717, 1.165) is 27.2 Å². The highest BCUT2D eigenvalue weighted by molar-refractivity contribution is 9.10. The van der Waals surface area contributed by atoms with E-state index < -0.39 is 0 Å². The normalized spacial score (nSPS) is 10.3. The summed E-state index contributed by atoms with van der Waals surface area (Å²) in [4.78, 5) is 8.76. The molecule has 2 aromatic rings. The molecular weight excluding hydrogens is 278 g/mol. The molecule has 0 unspecified atom stereocenters. The van der Waals surface area contributed by atoms with Gasteiger partial charge in [0.25, 0.3) is 0 Å². The van der Waals surface area contributed by atoms with Crippen molar-refractivity contribution in [1.29, 1.82) is 0 Å². The van der Waals surface area contributed by atoms with E-state index >= 15 is 0 Å². The van der Waals surface area contributed by atoms with Gasteiger partial charge in [-0.05, 0) is 53.5 Å². The number of nitrogens with one attached hydrogen (secondary N) is 1. The zero-order valence-corrected chi connectivity index (χ0v) is 11.5. The van der Waals surface area contributed by atoms with Gasteiger partial charge in [-0.3, -0.25) is 4.98 Å². The molecule has 0 fully saturated rings. The molecule has 2 aromatic heterocycles. The summed E-state index contributed by atoms with van der Waals surface area (Å²) in [7, 11) is 0. The summed E-state index contributed by atoms with van der Waals surface area (Å²) in [6.07, 6.45) is 1.84. The maximum Gasteiger partial charge on any atom is 0.140 e. The van der Waals surface area contributed by atoms with Gasteiger partial charge in [0, 0.05) is 11.9 Å². The zero-order chi connectivity index (χ0) is 12.3. The van der Waals surface area contributed by atoms with E-state index in [9.17, 15) is 0 Å². The lowest BCUT2D eigenvalue weighted by Crippen LogP contribution is -2.04. The minimum absolute atomic E-state index is 0.677. The number of pyridine rings is 2. The third kappa shape index (κ3) is 3.27. The molecule has 0 atom stereocenters. The Labute approximate surface area is 109 Å². The lowest BCUT2D eigenvalue weighted by molar-refractivity contribution is 1.00. The van der Waals surface area contributed by atoms with E-state index in [4.69, 9.17) is 0 Å². The zero-order valence-electron chi connectivity index (χ0n) is 9.87. The highest BCUT2D eigenvalue weighted by Crippen LogP contribution is 2.20. The second kappa shape index (κ2) is 5.27. The van der Waals surface area contributed by atoms with Crippen molar-refractivity contribution in [2.45, 2.75) is 20.4 Å². The Bertz CT molecular complexity index is 526. The fourth-order valence-electron chi connectivity index (χ4n) is 1.54. The minimum Gasteiger partial charge on any atom is -0.363 e. The molecule has 0 bridgehead atoms. The average Bonchev–Trinajstić information content (AvgIpc) is 2.28. The first kappa shape index (κ1) is 12.0. The van der Waals surface area contributed by atoms with Crippen molar-refractivity contribution < 1.29 is 0 Å². The van der Waals surface area contributed by atoms with E-state index in [1.54, 1.807) is 0 Å². The van der Waals surface area contributed by atoms with Crippen LogP contribution in [0.2, 0.25) is 0 Å². The Hall–Kier alpha value is -1.42. The topological polar surface area (TPSA) is 37.8 Å². The van der Waals surface area contributed by atoms with Crippen molar-refractivity contribution in [2.75, 3.05) is 5.32 Å². The van der Waals surface area contributed by atoms with E-state index in [0.29, 0.717) is 6.54 Å². The maximum atomic E-state index is 4.43. The lowest BCUT2D eigenvalue weighted by Gasteiger charge is -2.08. The van der Waals surface area contributed by atoms with E-state index in [1.165, 1.54) is 0 Å². The second-order valence-corrected chi connectivity index (χ2v) is 4.82. The van der Waals surface area contributed by atoms with Crippen LogP contribution >= 0.6 is 15.9 Å². The summed E-state index contributed by atoms with van der Waals surface area (Å²) >= 11 is 3.49. The summed E-state index contributed by atoms with van der Waals surface area (Å²) in [6, 6.07) is 8.04. The molecule has 0 spiro atoms. The molecule has 1 N–H and O–H groups in total. The van der Waals surface area contributed by atoms with Crippen LogP contribution in [0.3, 0.4) is 0 Å². The summed E-state index contributed by atoms with van der Waals surface area (Å²) < 4.78 is 0.977. The van der Waals surface area contributed by atoms with Gasteiger partial charge in [-0.2, -0.15) is 0 Å². The van der Waals surface area contributed by atoms with Crippen molar-refractivity contribution in [2.24, 2.45) is 0 Å². The molecule has 4 heteroatoms. The first-order valence-electron chi connectivity index (χ1n) is 5.44. The van der Waals surface area contributed by atoms with Crippen LogP contribution in [0.15, 0.2) is 34.9 Å². The van der Waals surface area contributed by atoms with Crippen LogP contribution in [0.25, 0.3) is 0 Å². The molecule has 0 aliphatic rings. The van der Waals surface area contributed by atoms with E-state index in [-0.39, 0.29) is 0 Å². The molecule has 3 nitrogen and oxygen atoms in total. The van der Waals surface area contributed by atoms with Crippen LogP contribution in [0, 0.1) is 13.8 Å². The molecular formula is C13H14BrN3. The molecule has 88 valence electrons. The number of hydrogen-bond acceptors (Lipinski definition) is 3. The fraction of sp³-hybridized carbons (Fsp3) is 0.231. The van der Waals surface area contributed by atoms with Gasteiger partial charge in [0.2, 0.25) is 0 Å². The van der Waals surface area contributed by atoms with Crippen LogP contribution in [-0.2, 0) is 6.54 Å². The smallest absolute Gasteiger partial charge is 0.140 e. The Morgan fingerprint density at radius 1 is 1.29 bits per heavy atom. The molecule has 0 amide bonds. The predicted octanol–water partition coefficient (Wildman–Crippen LogP) is 3.47. The monoisotopic (exact) mass is 291 g/mol. The largest absolute Gasteiger partial charge is 0.363 e. The van der Waals surface area contributed by atoms with Crippen LogP contribution in [-0.4, -0.2) is 9.97 Å².